The van der Waals surface area contributed by atoms with Gasteiger partial charge in [-0.15, -0.1) is 0 Å². The van der Waals surface area contributed by atoms with Gasteiger partial charge < -0.3 is 0 Å². The zero-order chi connectivity index (χ0) is 14.3. The molecule has 0 aromatic rings. The van der Waals surface area contributed by atoms with E-state index in [2.05, 4.69) is 6.92 Å². The van der Waals surface area contributed by atoms with Gasteiger partial charge in [0.15, 0.2) is 0 Å². The summed E-state index contributed by atoms with van der Waals surface area (Å²) in [6.07, 6.45) is 14.8. The summed E-state index contributed by atoms with van der Waals surface area (Å²) in [7, 11) is -4.67. The van der Waals surface area contributed by atoms with Crippen LogP contribution >= 0.6 is 0 Å². The molecule has 2 N–H and O–H groups in total. The topological polar surface area (TPSA) is 74.6 Å². The molecule has 18 heavy (non-hydrogen) atoms. The molecule has 0 aromatic carbocycles. The average molecular weight is 307 g/mol. The Kier molecular flexibility index (Phi) is 20.1. The molecule has 0 heterocycles. The van der Waals surface area contributed by atoms with Gasteiger partial charge in [-0.2, -0.15) is 8.42 Å². The zero-order valence-corrected chi connectivity index (χ0v) is 15.8. The van der Waals surface area contributed by atoms with Gasteiger partial charge in [0.05, 0.1) is 0 Å². The van der Waals surface area contributed by atoms with Crippen molar-refractivity contribution >= 4 is 59.4 Å². The van der Waals surface area contributed by atoms with Crippen LogP contribution < -0.4 is 0 Å². The third-order valence-corrected chi connectivity index (χ3v) is 3.81. The number of unbranched alkanes of at least 4 members (excludes halogenated alkanes) is 9. The fourth-order valence-corrected chi connectivity index (χ4v) is 2.52. The van der Waals surface area contributed by atoms with Crippen LogP contribution in [0.4, 0.5) is 0 Å². The summed E-state index contributed by atoms with van der Waals surface area (Å²) >= 11 is 1.10. The van der Waals surface area contributed by atoms with Crippen LogP contribution in [0, 0.1) is 0 Å². The molecule has 0 bridgehead atoms. The van der Waals surface area contributed by atoms with Crippen LogP contribution in [0.1, 0.15) is 71.1 Å². The largest absolute Gasteiger partial charge is 0.394 e. The van der Waals surface area contributed by atoms with Crippen molar-refractivity contribution in [1.29, 1.82) is 0 Å². The summed E-state index contributed by atoms with van der Waals surface area (Å²) in [5, 5.41) is 0. The van der Waals surface area contributed by atoms with Crippen molar-refractivity contribution in [2.75, 3.05) is 0 Å². The maximum absolute atomic E-state index is 8.74. The molecule has 0 spiro atoms. The van der Waals surface area contributed by atoms with E-state index in [1.165, 1.54) is 64.2 Å². The Labute approximate surface area is 146 Å². The van der Waals surface area contributed by atoms with E-state index in [0.29, 0.717) is 0 Å². The van der Waals surface area contributed by atoms with E-state index in [1.54, 1.807) is 0.515 Å². The minimum atomic E-state index is -4.67. The predicted octanol–water partition coefficient (Wildman–Crippen LogP) is 3.84. The summed E-state index contributed by atoms with van der Waals surface area (Å²) in [6, 6.07) is 0. The standard InChI is InChI=1S/C12H25.K.H2O4S/c1-3-5-7-9-11-12-10-8-6-4-2;;1-5(2,3)4/h1,3-12H2,2H3;;(H2,1,2,3,4). The average Bonchev–Trinajstić information content (AvgIpc) is 2.25. The van der Waals surface area contributed by atoms with Gasteiger partial charge in [-0.1, -0.05) is 0 Å². The molecule has 0 rings (SSSR count). The zero-order valence-electron chi connectivity index (χ0n) is 11.9. The van der Waals surface area contributed by atoms with E-state index in [-0.39, 0.29) is 0 Å². The van der Waals surface area contributed by atoms with Crippen molar-refractivity contribution in [1.82, 2.24) is 0 Å². The monoisotopic (exact) mass is 306 g/mol. The van der Waals surface area contributed by atoms with Crippen molar-refractivity contribution in [3.05, 3.63) is 0 Å². The molecule has 0 aliphatic carbocycles. The van der Waals surface area contributed by atoms with Crippen molar-refractivity contribution in [3.8, 4) is 0 Å². The van der Waals surface area contributed by atoms with E-state index in [1.807, 2.05) is 0 Å². The fraction of sp³-hybridized carbons (Fsp3) is 1.00. The molecule has 0 aromatic heterocycles. The molecule has 0 radical (unpaired) electrons. The molecule has 0 saturated heterocycles. The van der Waals surface area contributed by atoms with Gasteiger partial charge in [-0.3, -0.25) is 9.11 Å². The summed E-state index contributed by atoms with van der Waals surface area (Å²) in [5.74, 6) is 0. The van der Waals surface area contributed by atoms with Crippen LogP contribution in [0.5, 0.6) is 0 Å². The Morgan fingerprint density at radius 2 is 1.06 bits per heavy atom. The normalized spacial score (nSPS) is 10.9. The second-order valence-corrected chi connectivity index (χ2v) is 7.09. The van der Waals surface area contributed by atoms with Gasteiger partial charge >= 0.3 is 131 Å². The van der Waals surface area contributed by atoms with Gasteiger partial charge in [0, 0.05) is 0 Å². The van der Waals surface area contributed by atoms with Gasteiger partial charge in [-0.25, -0.2) is 0 Å². The maximum Gasteiger partial charge on any atom is 0.394 e. The SMILES string of the molecule is CCCCCCCCCCC[CH2][K].O=S(=O)(O)O. The molecule has 6 heteroatoms. The maximum atomic E-state index is 8.74. The predicted molar refractivity (Wildman–Crippen MR) is 76.6 cm³/mol. The molecular formula is C12H27KO4S. The first-order valence-corrected chi connectivity index (χ1v) is 10.7. The third-order valence-electron chi connectivity index (χ3n) is 2.71. The first-order valence-electron chi connectivity index (χ1n) is 7.11. The van der Waals surface area contributed by atoms with Crippen molar-refractivity contribution in [2.24, 2.45) is 0 Å². The number of hydrogen-bond donors (Lipinski definition) is 2. The van der Waals surface area contributed by atoms with E-state index in [9.17, 15) is 0 Å². The van der Waals surface area contributed by atoms with Gasteiger partial charge in [0.2, 0.25) is 0 Å². The van der Waals surface area contributed by atoms with E-state index in [0.717, 1.165) is 49.0 Å². The first-order chi connectivity index (χ1) is 8.41. The fourth-order valence-electron chi connectivity index (χ4n) is 1.74. The van der Waals surface area contributed by atoms with Crippen molar-refractivity contribution in [3.63, 3.8) is 0 Å². The summed E-state index contributed by atoms with van der Waals surface area (Å²) < 4.78 is 33.1. The van der Waals surface area contributed by atoms with Crippen LogP contribution in [0.15, 0.2) is 0 Å². The van der Waals surface area contributed by atoms with Gasteiger partial charge in [0.1, 0.15) is 0 Å². The van der Waals surface area contributed by atoms with Crippen LogP contribution in [-0.2, 0) is 10.4 Å². The molecule has 0 aliphatic rings. The van der Waals surface area contributed by atoms with Crippen LogP contribution in [-0.4, -0.2) is 66.5 Å². The summed E-state index contributed by atoms with van der Waals surface area (Å²) in [4.78, 5) is 0. The molecule has 0 fully saturated rings. The molecule has 106 valence electrons. The molecule has 0 atom stereocenters. The summed E-state index contributed by atoms with van der Waals surface area (Å²) in [6.45, 7) is 2.29. The van der Waals surface area contributed by atoms with Gasteiger partial charge in [0.25, 0.3) is 0 Å². The van der Waals surface area contributed by atoms with Gasteiger partial charge in [-0.05, 0) is 0 Å². The van der Waals surface area contributed by atoms with Crippen molar-refractivity contribution < 1.29 is 17.5 Å². The molecule has 0 saturated carbocycles. The van der Waals surface area contributed by atoms with Crippen LogP contribution in [0.2, 0.25) is 0.515 Å². The van der Waals surface area contributed by atoms with E-state index < -0.39 is 10.4 Å². The first kappa shape index (κ1) is 21.8. The second-order valence-electron chi connectivity index (χ2n) is 4.63. The molecule has 0 unspecified atom stereocenters. The Hall–Kier alpha value is 1.51. The minimum Gasteiger partial charge on any atom is -0.264 e. The smallest absolute Gasteiger partial charge is 0.264 e. The second kappa shape index (κ2) is 16.6. The Morgan fingerprint density at radius 3 is 1.33 bits per heavy atom. The Morgan fingerprint density at radius 1 is 0.778 bits per heavy atom. The van der Waals surface area contributed by atoms with Crippen LogP contribution in [0.3, 0.4) is 0 Å². The third kappa shape index (κ3) is 36.0. The van der Waals surface area contributed by atoms with Crippen LogP contribution in [0.25, 0.3) is 0 Å². The van der Waals surface area contributed by atoms with Crippen molar-refractivity contribution in [2.45, 2.75) is 71.6 Å². The molecule has 0 aliphatic heterocycles. The van der Waals surface area contributed by atoms with E-state index >= 15 is 0 Å². The molecular weight excluding hydrogens is 279 g/mol. The Balaban J connectivity index is 0. The number of hydrogen-bond acceptors (Lipinski definition) is 2. The van der Waals surface area contributed by atoms with E-state index in [4.69, 9.17) is 17.5 Å². The Bertz CT molecular complexity index is 224. The summed E-state index contributed by atoms with van der Waals surface area (Å²) in [5.41, 5.74) is 0. The molecule has 4 nitrogen and oxygen atoms in total. The minimum absolute atomic E-state index is 1.10. The quantitative estimate of drug-likeness (QED) is 0.365. The number of rotatable bonds is 10. The molecule has 0 amide bonds.